The van der Waals surface area contributed by atoms with Crippen LogP contribution in [0.1, 0.15) is 25.7 Å². The van der Waals surface area contributed by atoms with Gasteiger partial charge in [0, 0.05) is 18.1 Å². The summed E-state index contributed by atoms with van der Waals surface area (Å²) < 4.78 is 0. The summed E-state index contributed by atoms with van der Waals surface area (Å²) in [7, 11) is 0. The second-order valence-corrected chi connectivity index (χ2v) is 3.11. The van der Waals surface area contributed by atoms with E-state index in [0.717, 1.165) is 25.0 Å². The van der Waals surface area contributed by atoms with Crippen LogP contribution in [-0.4, -0.2) is 11.6 Å². The van der Waals surface area contributed by atoms with Crippen LogP contribution in [0, 0.1) is 5.92 Å². The number of carbonyl (C=O) groups excluding carboxylic acids is 1. The molecule has 0 aromatic rings. The minimum Gasteiger partial charge on any atom is -0.273 e. The lowest BCUT2D eigenvalue weighted by Crippen LogP contribution is -2.22. The molecule has 0 aromatic heterocycles. The van der Waals surface area contributed by atoms with Gasteiger partial charge in [-0.3, -0.25) is 4.79 Å². The number of hydrogen-bond donors (Lipinski definition) is 0. The standard InChI is InChI=1S/C9H11NO/c11-9-6-5-7-3-1-2-4-8(7)10-9/h1,3,7H,2,4-6H2. The molecule has 0 bridgehead atoms. The third-order valence-corrected chi connectivity index (χ3v) is 2.30. The van der Waals surface area contributed by atoms with Gasteiger partial charge in [-0.15, -0.1) is 0 Å². The lowest BCUT2D eigenvalue weighted by atomic mass is 9.87. The topological polar surface area (TPSA) is 29.4 Å². The van der Waals surface area contributed by atoms with Gasteiger partial charge in [0.25, 0.3) is 0 Å². The number of allylic oxidation sites excluding steroid dienone is 2. The Morgan fingerprint density at radius 3 is 3.27 bits per heavy atom. The van der Waals surface area contributed by atoms with Crippen LogP contribution in [0.15, 0.2) is 17.1 Å². The molecule has 58 valence electrons. The SMILES string of the molecule is O=C1CCC2C=CCCC2=N1. The summed E-state index contributed by atoms with van der Waals surface area (Å²) in [5.41, 5.74) is 1.11. The van der Waals surface area contributed by atoms with Crippen molar-refractivity contribution in [3.05, 3.63) is 12.2 Å². The molecule has 2 aliphatic rings. The third kappa shape index (κ3) is 1.25. The van der Waals surface area contributed by atoms with Crippen molar-refractivity contribution in [2.24, 2.45) is 10.9 Å². The highest BCUT2D eigenvalue weighted by Crippen LogP contribution is 2.23. The Balaban J connectivity index is 2.26. The van der Waals surface area contributed by atoms with Gasteiger partial charge in [0.2, 0.25) is 5.91 Å². The lowest BCUT2D eigenvalue weighted by molar-refractivity contribution is -0.118. The number of amides is 1. The first-order valence-corrected chi connectivity index (χ1v) is 4.13. The fourth-order valence-corrected chi connectivity index (χ4v) is 1.68. The minimum absolute atomic E-state index is 0.0755. The molecular formula is C9H11NO. The van der Waals surface area contributed by atoms with E-state index in [1.165, 1.54) is 0 Å². The van der Waals surface area contributed by atoms with E-state index in [1.807, 2.05) is 0 Å². The van der Waals surface area contributed by atoms with E-state index in [1.54, 1.807) is 0 Å². The van der Waals surface area contributed by atoms with Crippen molar-refractivity contribution in [2.45, 2.75) is 25.7 Å². The molecule has 2 rings (SSSR count). The highest BCUT2D eigenvalue weighted by molar-refractivity contribution is 6.00. The van der Waals surface area contributed by atoms with Crippen LogP contribution in [0.4, 0.5) is 0 Å². The predicted molar refractivity (Wildman–Crippen MR) is 43.5 cm³/mol. The van der Waals surface area contributed by atoms with Crippen molar-refractivity contribution in [3.63, 3.8) is 0 Å². The monoisotopic (exact) mass is 149 g/mol. The van der Waals surface area contributed by atoms with Crippen LogP contribution in [0.2, 0.25) is 0 Å². The molecule has 0 N–H and O–H groups in total. The van der Waals surface area contributed by atoms with Crippen LogP contribution in [-0.2, 0) is 4.79 Å². The molecule has 1 heterocycles. The van der Waals surface area contributed by atoms with E-state index in [9.17, 15) is 4.79 Å². The van der Waals surface area contributed by atoms with Crippen molar-refractivity contribution in [3.8, 4) is 0 Å². The molecular weight excluding hydrogens is 138 g/mol. The quantitative estimate of drug-likeness (QED) is 0.482. The summed E-state index contributed by atoms with van der Waals surface area (Å²) >= 11 is 0. The van der Waals surface area contributed by atoms with Gasteiger partial charge >= 0.3 is 0 Å². The number of hydrogen-bond acceptors (Lipinski definition) is 1. The lowest BCUT2D eigenvalue weighted by Gasteiger charge is -2.21. The Hall–Kier alpha value is -0.920. The van der Waals surface area contributed by atoms with Gasteiger partial charge in [-0.25, -0.2) is 4.99 Å². The van der Waals surface area contributed by atoms with E-state index in [2.05, 4.69) is 17.1 Å². The van der Waals surface area contributed by atoms with Crippen molar-refractivity contribution >= 4 is 11.6 Å². The Kier molecular flexibility index (Phi) is 1.60. The zero-order valence-corrected chi connectivity index (χ0v) is 6.42. The van der Waals surface area contributed by atoms with E-state index in [-0.39, 0.29) is 5.91 Å². The normalized spacial score (nSPS) is 29.6. The Morgan fingerprint density at radius 2 is 2.36 bits per heavy atom. The van der Waals surface area contributed by atoms with Gasteiger partial charge in [0.05, 0.1) is 0 Å². The van der Waals surface area contributed by atoms with Crippen molar-refractivity contribution < 1.29 is 4.79 Å². The number of fused-ring (bicyclic) bond motifs is 1. The van der Waals surface area contributed by atoms with Crippen LogP contribution in [0.25, 0.3) is 0 Å². The average Bonchev–Trinajstić information content (AvgIpc) is 2.04. The van der Waals surface area contributed by atoms with E-state index >= 15 is 0 Å². The summed E-state index contributed by atoms with van der Waals surface area (Å²) in [5.74, 6) is 0.563. The second kappa shape index (κ2) is 2.61. The first-order valence-electron chi connectivity index (χ1n) is 4.13. The summed E-state index contributed by atoms with van der Waals surface area (Å²) in [6.45, 7) is 0. The molecule has 1 atom stereocenters. The van der Waals surface area contributed by atoms with E-state index < -0.39 is 0 Å². The van der Waals surface area contributed by atoms with E-state index in [4.69, 9.17) is 0 Å². The van der Waals surface area contributed by atoms with Gasteiger partial charge in [-0.1, -0.05) is 12.2 Å². The first-order chi connectivity index (χ1) is 5.36. The van der Waals surface area contributed by atoms with Gasteiger partial charge < -0.3 is 0 Å². The molecule has 0 radical (unpaired) electrons. The highest BCUT2D eigenvalue weighted by Gasteiger charge is 2.22. The highest BCUT2D eigenvalue weighted by atomic mass is 16.1. The summed E-state index contributed by atoms with van der Waals surface area (Å²) in [4.78, 5) is 14.9. The van der Waals surface area contributed by atoms with Crippen molar-refractivity contribution in [2.75, 3.05) is 0 Å². The smallest absolute Gasteiger partial charge is 0.245 e. The average molecular weight is 149 g/mol. The van der Waals surface area contributed by atoms with Crippen LogP contribution in [0.3, 0.4) is 0 Å². The molecule has 1 aliphatic carbocycles. The Labute approximate surface area is 66.0 Å². The fourth-order valence-electron chi connectivity index (χ4n) is 1.68. The van der Waals surface area contributed by atoms with Crippen molar-refractivity contribution in [1.82, 2.24) is 0 Å². The van der Waals surface area contributed by atoms with Crippen molar-refractivity contribution in [1.29, 1.82) is 0 Å². The van der Waals surface area contributed by atoms with Gasteiger partial charge in [-0.2, -0.15) is 0 Å². The van der Waals surface area contributed by atoms with Crippen LogP contribution in [0.5, 0.6) is 0 Å². The van der Waals surface area contributed by atoms with Gasteiger partial charge in [0.15, 0.2) is 0 Å². The molecule has 1 unspecified atom stereocenters. The zero-order valence-electron chi connectivity index (χ0n) is 6.42. The second-order valence-electron chi connectivity index (χ2n) is 3.11. The Bertz CT molecular complexity index is 240. The molecule has 0 saturated heterocycles. The van der Waals surface area contributed by atoms with Crippen LogP contribution >= 0.6 is 0 Å². The maximum absolute atomic E-state index is 10.9. The number of nitrogens with zero attached hydrogens (tertiary/aromatic N) is 1. The maximum atomic E-state index is 10.9. The molecule has 1 amide bonds. The maximum Gasteiger partial charge on any atom is 0.245 e. The molecule has 0 aromatic carbocycles. The van der Waals surface area contributed by atoms with Crippen LogP contribution < -0.4 is 0 Å². The molecule has 0 spiro atoms. The molecule has 2 nitrogen and oxygen atoms in total. The Morgan fingerprint density at radius 1 is 1.45 bits per heavy atom. The predicted octanol–water partition coefficient (Wildman–Crippen LogP) is 1.71. The number of aliphatic imine (C=N–C) groups is 1. The summed E-state index contributed by atoms with van der Waals surface area (Å²) in [6.07, 6.45) is 8.05. The fraction of sp³-hybridized carbons (Fsp3) is 0.556. The third-order valence-electron chi connectivity index (χ3n) is 2.30. The number of carbonyl (C=O) groups is 1. The minimum atomic E-state index is 0.0755. The molecule has 2 heteroatoms. The molecule has 1 aliphatic heterocycles. The molecule has 0 saturated carbocycles. The number of rotatable bonds is 0. The largest absolute Gasteiger partial charge is 0.273 e. The molecule has 11 heavy (non-hydrogen) atoms. The zero-order chi connectivity index (χ0) is 7.68. The summed E-state index contributed by atoms with van der Waals surface area (Å²) in [6, 6.07) is 0. The first kappa shape index (κ1) is 6.77. The van der Waals surface area contributed by atoms with E-state index in [0.29, 0.717) is 12.3 Å². The molecule has 0 fully saturated rings. The van der Waals surface area contributed by atoms with Gasteiger partial charge in [-0.05, 0) is 19.3 Å². The van der Waals surface area contributed by atoms with Gasteiger partial charge in [0.1, 0.15) is 0 Å². The summed E-state index contributed by atoms with van der Waals surface area (Å²) in [5, 5.41) is 0.